The van der Waals surface area contributed by atoms with Gasteiger partial charge in [0, 0.05) is 43.7 Å². The lowest BCUT2D eigenvalue weighted by Crippen LogP contribution is -2.08. The fourth-order valence-electron chi connectivity index (χ4n) is 5.08. The van der Waals surface area contributed by atoms with E-state index in [4.69, 9.17) is 23.2 Å². The molecule has 0 amide bonds. The zero-order valence-corrected chi connectivity index (χ0v) is 28.5. The van der Waals surface area contributed by atoms with Crippen LogP contribution in [0, 0.1) is 6.92 Å². The van der Waals surface area contributed by atoms with Crippen molar-refractivity contribution in [1.29, 1.82) is 0 Å². The number of hydrogen-bond acceptors (Lipinski definition) is 6. The number of rotatable bonds is 9. The molecule has 7 aromatic rings. The van der Waals surface area contributed by atoms with Crippen LogP contribution in [0.5, 0.6) is 0 Å². The number of hydrogen-bond donors (Lipinski definition) is 6. The summed E-state index contributed by atoms with van der Waals surface area (Å²) in [4.78, 5) is 21.4. The zero-order chi connectivity index (χ0) is 33.7. The number of anilines is 3. The SMILES string of the molecule is CC(Nc1ncc[nH]1)c1cccc(Cl)c1Cl.Cc1ccccc1C(C)Nc1ncc[nH]1.c1ccc2cc(CNc3ncc[nH]3)ccc2c1. The standard InChI is InChI=1S/C14H13N3.C12H15N3.C11H11Cl2N3/c1-2-4-13-9-11(5-6-12(13)3-1)10-17-14-15-7-8-16-14;1-9-5-3-4-6-11(9)10(2)15-12-13-7-8-14-12;1-7(16-11-14-5-6-15-11)8-3-2-4-9(12)10(8)13/h1-9H,10H2,(H2,15,16,17);3-8,10H,1-2H3,(H2,13,14,15);2-7H,1H3,(H2,14,15,16). The normalized spacial score (nSPS) is 11.8. The van der Waals surface area contributed by atoms with E-state index in [1.54, 1.807) is 30.9 Å². The highest BCUT2D eigenvalue weighted by Gasteiger charge is 2.12. The first-order chi connectivity index (χ1) is 23.4. The van der Waals surface area contributed by atoms with Crippen LogP contribution in [-0.4, -0.2) is 29.9 Å². The summed E-state index contributed by atoms with van der Waals surface area (Å²) in [5, 5.41) is 13.4. The van der Waals surface area contributed by atoms with E-state index in [2.05, 4.69) is 126 Å². The molecule has 4 aromatic carbocycles. The Kier molecular flexibility index (Phi) is 12.1. The van der Waals surface area contributed by atoms with E-state index in [0.29, 0.717) is 16.0 Å². The van der Waals surface area contributed by atoms with Gasteiger partial charge in [-0.15, -0.1) is 0 Å². The van der Waals surface area contributed by atoms with Crippen molar-refractivity contribution in [2.75, 3.05) is 16.0 Å². The van der Waals surface area contributed by atoms with Crippen molar-refractivity contribution in [3.63, 3.8) is 0 Å². The van der Waals surface area contributed by atoms with Gasteiger partial charge < -0.3 is 30.9 Å². The molecule has 0 aliphatic rings. The fourth-order valence-corrected chi connectivity index (χ4v) is 5.55. The molecular weight excluding hydrogens is 641 g/mol. The highest BCUT2D eigenvalue weighted by molar-refractivity contribution is 6.42. The lowest BCUT2D eigenvalue weighted by atomic mass is 10.0. The topological polar surface area (TPSA) is 122 Å². The lowest BCUT2D eigenvalue weighted by Gasteiger charge is -2.15. The van der Waals surface area contributed by atoms with Gasteiger partial charge in [0.15, 0.2) is 5.95 Å². The minimum atomic E-state index is 0.0392. The van der Waals surface area contributed by atoms with Crippen molar-refractivity contribution in [2.45, 2.75) is 39.4 Å². The van der Waals surface area contributed by atoms with Crippen LogP contribution < -0.4 is 16.0 Å². The van der Waals surface area contributed by atoms with E-state index < -0.39 is 0 Å². The molecule has 0 aliphatic heterocycles. The third-order valence-corrected chi connectivity index (χ3v) is 8.41. The van der Waals surface area contributed by atoms with Crippen LogP contribution >= 0.6 is 23.2 Å². The highest BCUT2D eigenvalue weighted by Crippen LogP contribution is 2.31. The first kappa shape index (κ1) is 34.1. The Morgan fingerprint density at radius 1 is 0.625 bits per heavy atom. The second kappa shape index (κ2) is 17.1. The van der Waals surface area contributed by atoms with Gasteiger partial charge in [0.05, 0.1) is 22.1 Å². The van der Waals surface area contributed by atoms with E-state index in [9.17, 15) is 0 Å². The van der Waals surface area contributed by atoms with Crippen molar-refractivity contribution in [2.24, 2.45) is 0 Å². The van der Waals surface area contributed by atoms with Gasteiger partial charge in [-0.1, -0.05) is 96.0 Å². The maximum Gasteiger partial charge on any atom is 0.200 e. The molecule has 2 unspecified atom stereocenters. The maximum atomic E-state index is 6.13. The van der Waals surface area contributed by atoms with Gasteiger partial charge >= 0.3 is 0 Å². The molecule has 0 saturated carbocycles. The summed E-state index contributed by atoms with van der Waals surface area (Å²) in [5.41, 5.74) is 4.80. The van der Waals surface area contributed by atoms with Crippen molar-refractivity contribution in [3.05, 3.63) is 154 Å². The molecule has 246 valence electrons. The van der Waals surface area contributed by atoms with Crippen LogP contribution in [0.4, 0.5) is 17.8 Å². The van der Waals surface area contributed by atoms with Crippen LogP contribution in [-0.2, 0) is 6.54 Å². The molecule has 0 aliphatic carbocycles. The van der Waals surface area contributed by atoms with Crippen LogP contribution in [0.1, 0.15) is 48.2 Å². The number of aromatic nitrogens is 6. The molecule has 2 atom stereocenters. The predicted molar refractivity (Wildman–Crippen MR) is 199 cm³/mol. The molecule has 0 fully saturated rings. The van der Waals surface area contributed by atoms with Gasteiger partial charge in [0.2, 0.25) is 11.9 Å². The number of aromatic amines is 3. The number of fused-ring (bicyclic) bond motifs is 1. The summed E-state index contributed by atoms with van der Waals surface area (Å²) in [7, 11) is 0. The third-order valence-electron chi connectivity index (χ3n) is 7.58. The summed E-state index contributed by atoms with van der Waals surface area (Å²) in [6.07, 6.45) is 10.6. The third kappa shape index (κ3) is 9.63. The Morgan fingerprint density at radius 3 is 1.81 bits per heavy atom. The maximum absolute atomic E-state index is 6.13. The van der Waals surface area contributed by atoms with Gasteiger partial charge in [-0.25, -0.2) is 15.0 Å². The number of aryl methyl sites for hydroxylation is 1. The Hall–Kier alpha value is -5.25. The number of nitrogens with one attached hydrogen (secondary N) is 6. The second-order valence-electron chi connectivity index (χ2n) is 11.1. The molecule has 0 radical (unpaired) electrons. The molecule has 0 saturated heterocycles. The van der Waals surface area contributed by atoms with Crippen LogP contribution in [0.25, 0.3) is 10.8 Å². The van der Waals surface area contributed by atoms with Crippen LogP contribution in [0.2, 0.25) is 10.0 Å². The molecule has 0 spiro atoms. The van der Waals surface area contributed by atoms with Crippen molar-refractivity contribution < 1.29 is 0 Å². The number of H-pyrrole nitrogens is 3. The zero-order valence-electron chi connectivity index (χ0n) is 27.0. The molecule has 9 nitrogen and oxygen atoms in total. The smallest absolute Gasteiger partial charge is 0.200 e. The number of halogens is 2. The molecule has 3 aromatic heterocycles. The Balaban J connectivity index is 0.000000141. The molecule has 48 heavy (non-hydrogen) atoms. The van der Waals surface area contributed by atoms with Gasteiger partial charge in [0.1, 0.15) is 0 Å². The van der Waals surface area contributed by atoms with E-state index in [-0.39, 0.29) is 12.1 Å². The first-order valence-electron chi connectivity index (χ1n) is 15.6. The minimum Gasteiger partial charge on any atom is -0.352 e. The van der Waals surface area contributed by atoms with Crippen LogP contribution in [0.3, 0.4) is 0 Å². The van der Waals surface area contributed by atoms with Crippen LogP contribution in [0.15, 0.2) is 122 Å². The quantitative estimate of drug-likeness (QED) is 0.0903. The molecule has 11 heteroatoms. The van der Waals surface area contributed by atoms with Gasteiger partial charge in [0.25, 0.3) is 0 Å². The Bertz CT molecular complexity index is 1960. The van der Waals surface area contributed by atoms with Crippen molar-refractivity contribution >= 4 is 51.8 Å². The summed E-state index contributed by atoms with van der Waals surface area (Å²) in [6.45, 7) is 7.03. The molecule has 6 N–H and O–H groups in total. The fraction of sp³-hybridized carbons (Fsp3) is 0.162. The number of benzene rings is 4. The number of nitrogens with zero attached hydrogens (tertiary/aromatic N) is 3. The van der Waals surface area contributed by atoms with Crippen molar-refractivity contribution in [3.8, 4) is 0 Å². The van der Waals surface area contributed by atoms with Gasteiger partial charge in [-0.05, 0) is 65.9 Å². The molecular formula is C37H39Cl2N9. The monoisotopic (exact) mass is 679 g/mol. The van der Waals surface area contributed by atoms with E-state index in [0.717, 1.165) is 24.0 Å². The van der Waals surface area contributed by atoms with E-state index in [1.807, 2.05) is 31.5 Å². The summed E-state index contributed by atoms with van der Waals surface area (Å²) < 4.78 is 0. The summed E-state index contributed by atoms with van der Waals surface area (Å²) in [5.74, 6) is 2.33. The summed E-state index contributed by atoms with van der Waals surface area (Å²) >= 11 is 12.1. The van der Waals surface area contributed by atoms with Gasteiger partial charge in [-0.3, -0.25) is 0 Å². The largest absolute Gasteiger partial charge is 0.352 e. The van der Waals surface area contributed by atoms with Crippen molar-refractivity contribution in [1.82, 2.24) is 29.9 Å². The van der Waals surface area contributed by atoms with E-state index >= 15 is 0 Å². The average molecular weight is 681 g/mol. The average Bonchev–Trinajstić information content (AvgIpc) is 3.91. The Labute approximate surface area is 290 Å². The lowest BCUT2D eigenvalue weighted by molar-refractivity contribution is 0.858. The molecule has 3 heterocycles. The minimum absolute atomic E-state index is 0.0392. The molecule has 0 bridgehead atoms. The first-order valence-corrected chi connectivity index (χ1v) is 16.3. The van der Waals surface area contributed by atoms with E-state index in [1.165, 1.54) is 27.5 Å². The summed E-state index contributed by atoms with van der Waals surface area (Å²) in [6, 6.07) is 29.1. The predicted octanol–water partition coefficient (Wildman–Crippen LogP) is 9.96. The second-order valence-corrected chi connectivity index (χ2v) is 11.9. The van der Waals surface area contributed by atoms with Gasteiger partial charge in [-0.2, -0.15) is 0 Å². The highest BCUT2D eigenvalue weighted by atomic mass is 35.5. The number of imidazole rings is 3. The Morgan fingerprint density at radius 2 is 1.19 bits per heavy atom. The molecule has 7 rings (SSSR count).